The molecule has 6 heteroatoms. The van der Waals surface area contributed by atoms with Crippen LogP contribution in [0.4, 0.5) is 8.78 Å². The molecule has 3 aromatic rings. The van der Waals surface area contributed by atoms with Crippen LogP contribution >= 0.6 is 0 Å². The maximum absolute atomic E-state index is 12.6. The highest BCUT2D eigenvalue weighted by molar-refractivity contribution is 5.80. The van der Waals surface area contributed by atoms with Gasteiger partial charge in [-0.3, -0.25) is 14.6 Å². The van der Waals surface area contributed by atoms with E-state index in [9.17, 15) is 8.78 Å². The van der Waals surface area contributed by atoms with E-state index in [1.807, 2.05) is 13.1 Å². The standard InChI is InChI=1S/C13H10F2N4/c1-19-12-5-9(6-17-11(12)7-18-19)8-2-3-16-10(4-8)13(14)15/h2-7,13H,1H3. The van der Waals surface area contributed by atoms with E-state index < -0.39 is 6.43 Å². The summed E-state index contributed by atoms with van der Waals surface area (Å²) in [5, 5.41) is 4.10. The Morgan fingerprint density at radius 2 is 1.95 bits per heavy atom. The van der Waals surface area contributed by atoms with Crippen molar-refractivity contribution in [1.29, 1.82) is 0 Å². The average Bonchev–Trinajstić information content (AvgIpc) is 2.80. The predicted octanol–water partition coefficient (Wildman–Crippen LogP) is 2.97. The number of halogens is 2. The molecule has 0 saturated heterocycles. The number of hydrogen-bond acceptors (Lipinski definition) is 3. The molecule has 3 rings (SSSR count). The van der Waals surface area contributed by atoms with Crippen LogP contribution in [0.15, 0.2) is 36.8 Å². The van der Waals surface area contributed by atoms with E-state index >= 15 is 0 Å². The Balaban J connectivity index is 2.13. The second-order valence-corrected chi connectivity index (χ2v) is 4.17. The average molecular weight is 260 g/mol. The molecule has 3 heterocycles. The first-order chi connectivity index (χ1) is 9.15. The molecule has 0 atom stereocenters. The SMILES string of the molecule is Cn1ncc2ncc(-c3ccnc(C(F)F)c3)cc21. The molecule has 0 radical (unpaired) electrons. The molecule has 0 unspecified atom stereocenters. The molecule has 0 fully saturated rings. The fourth-order valence-corrected chi connectivity index (χ4v) is 1.93. The lowest BCUT2D eigenvalue weighted by Crippen LogP contribution is -1.92. The van der Waals surface area contributed by atoms with Crippen molar-refractivity contribution in [3.8, 4) is 11.1 Å². The Labute approximate surface area is 107 Å². The summed E-state index contributed by atoms with van der Waals surface area (Å²) in [6.07, 6.45) is 2.11. The van der Waals surface area contributed by atoms with Gasteiger partial charge in [-0.25, -0.2) is 8.78 Å². The normalized spacial score (nSPS) is 11.4. The number of fused-ring (bicyclic) bond motifs is 1. The van der Waals surface area contributed by atoms with E-state index in [-0.39, 0.29) is 5.69 Å². The first kappa shape index (κ1) is 11.7. The molecule has 0 spiro atoms. The number of nitrogens with zero attached hydrogens (tertiary/aromatic N) is 4. The maximum atomic E-state index is 12.6. The Morgan fingerprint density at radius 1 is 1.11 bits per heavy atom. The van der Waals surface area contributed by atoms with Crippen LogP contribution in [-0.2, 0) is 7.05 Å². The van der Waals surface area contributed by atoms with Crippen LogP contribution in [0.5, 0.6) is 0 Å². The lowest BCUT2D eigenvalue weighted by molar-refractivity contribution is 0.146. The molecule has 19 heavy (non-hydrogen) atoms. The van der Waals surface area contributed by atoms with Gasteiger partial charge in [-0.2, -0.15) is 5.10 Å². The van der Waals surface area contributed by atoms with E-state index in [2.05, 4.69) is 15.1 Å². The van der Waals surface area contributed by atoms with Gasteiger partial charge in [-0.1, -0.05) is 0 Å². The number of hydrogen-bond donors (Lipinski definition) is 0. The Bertz CT molecular complexity index is 736. The highest BCUT2D eigenvalue weighted by Crippen LogP contribution is 2.25. The summed E-state index contributed by atoms with van der Waals surface area (Å²) < 4.78 is 27.0. The second-order valence-electron chi connectivity index (χ2n) is 4.17. The van der Waals surface area contributed by atoms with Gasteiger partial charge in [-0.15, -0.1) is 0 Å². The molecule has 0 saturated carbocycles. The van der Waals surface area contributed by atoms with Crippen LogP contribution in [0.25, 0.3) is 22.2 Å². The van der Waals surface area contributed by atoms with Crippen molar-refractivity contribution < 1.29 is 8.78 Å². The smallest absolute Gasteiger partial charge is 0.266 e. The molecule has 0 bridgehead atoms. The van der Waals surface area contributed by atoms with Crippen molar-refractivity contribution in [3.05, 3.63) is 42.5 Å². The number of aryl methyl sites for hydroxylation is 1. The lowest BCUT2D eigenvalue weighted by Gasteiger charge is -2.04. The molecule has 0 aromatic carbocycles. The molecule has 4 nitrogen and oxygen atoms in total. The van der Waals surface area contributed by atoms with Gasteiger partial charge in [-0.05, 0) is 23.8 Å². The van der Waals surface area contributed by atoms with Crippen LogP contribution in [-0.4, -0.2) is 19.7 Å². The van der Waals surface area contributed by atoms with Crippen molar-refractivity contribution in [3.63, 3.8) is 0 Å². The van der Waals surface area contributed by atoms with Crippen LogP contribution < -0.4 is 0 Å². The van der Waals surface area contributed by atoms with Gasteiger partial charge >= 0.3 is 0 Å². The summed E-state index contributed by atoms with van der Waals surface area (Å²) in [5.74, 6) is 0. The molecular formula is C13H10F2N4. The number of alkyl halides is 2. The monoisotopic (exact) mass is 260 g/mol. The second kappa shape index (κ2) is 4.38. The van der Waals surface area contributed by atoms with Gasteiger partial charge < -0.3 is 0 Å². The quantitative estimate of drug-likeness (QED) is 0.711. The van der Waals surface area contributed by atoms with Gasteiger partial charge in [0, 0.05) is 25.0 Å². The van der Waals surface area contributed by atoms with E-state index in [4.69, 9.17) is 0 Å². The van der Waals surface area contributed by atoms with Gasteiger partial charge in [0.05, 0.1) is 11.7 Å². The summed E-state index contributed by atoms with van der Waals surface area (Å²) >= 11 is 0. The summed E-state index contributed by atoms with van der Waals surface area (Å²) in [5.41, 5.74) is 2.83. The minimum absolute atomic E-state index is 0.234. The fourth-order valence-electron chi connectivity index (χ4n) is 1.93. The number of rotatable bonds is 2. The third kappa shape index (κ3) is 2.05. The van der Waals surface area contributed by atoms with Crippen molar-refractivity contribution >= 4 is 11.0 Å². The van der Waals surface area contributed by atoms with Crippen LogP contribution in [0.1, 0.15) is 12.1 Å². The zero-order valence-electron chi connectivity index (χ0n) is 10.1. The molecule has 0 aliphatic rings. The highest BCUT2D eigenvalue weighted by Gasteiger charge is 2.10. The summed E-state index contributed by atoms with van der Waals surface area (Å²) in [7, 11) is 1.81. The molecule has 0 N–H and O–H groups in total. The van der Waals surface area contributed by atoms with Crippen molar-refractivity contribution in [2.24, 2.45) is 7.05 Å². The summed E-state index contributed by atoms with van der Waals surface area (Å²) in [6.45, 7) is 0. The van der Waals surface area contributed by atoms with Gasteiger partial charge in [0.2, 0.25) is 0 Å². The number of pyridine rings is 2. The van der Waals surface area contributed by atoms with Crippen molar-refractivity contribution in [2.45, 2.75) is 6.43 Å². The van der Waals surface area contributed by atoms with Gasteiger partial charge in [0.25, 0.3) is 6.43 Å². The minimum Gasteiger partial charge on any atom is -0.266 e. The minimum atomic E-state index is -2.58. The molecule has 0 amide bonds. The highest BCUT2D eigenvalue weighted by atomic mass is 19.3. The Morgan fingerprint density at radius 3 is 2.74 bits per heavy atom. The van der Waals surface area contributed by atoms with Crippen LogP contribution in [0.2, 0.25) is 0 Å². The van der Waals surface area contributed by atoms with Gasteiger partial charge in [0.1, 0.15) is 11.2 Å². The van der Waals surface area contributed by atoms with Crippen LogP contribution in [0.3, 0.4) is 0 Å². The maximum Gasteiger partial charge on any atom is 0.280 e. The van der Waals surface area contributed by atoms with E-state index in [1.165, 1.54) is 12.3 Å². The van der Waals surface area contributed by atoms with Gasteiger partial charge in [0.15, 0.2) is 0 Å². The summed E-state index contributed by atoms with van der Waals surface area (Å²) in [6, 6.07) is 4.94. The third-order valence-electron chi connectivity index (χ3n) is 2.94. The first-order valence-electron chi connectivity index (χ1n) is 5.67. The first-order valence-corrected chi connectivity index (χ1v) is 5.67. The zero-order valence-corrected chi connectivity index (χ0v) is 10.1. The topological polar surface area (TPSA) is 43.6 Å². The fraction of sp³-hybridized carbons (Fsp3) is 0.154. The molecule has 3 aromatic heterocycles. The van der Waals surface area contributed by atoms with Crippen molar-refractivity contribution in [2.75, 3.05) is 0 Å². The molecule has 96 valence electrons. The van der Waals surface area contributed by atoms with E-state index in [1.54, 1.807) is 23.1 Å². The Hall–Kier alpha value is -2.37. The molecular weight excluding hydrogens is 250 g/mol. The number of aromatic nitrogens is 4. The predicted molar refractivity (Wildman–Crippen MR) is 66.7 cm³/mol. The zero-order chi connectivity index (χ0) is 13.4. The Kier molecular flexibility index (Phi) is 2.70. The molecule has 0 aliphatic carbocycles. The van der Waals surface area contributed by atoms with E-state index in [0.29, 0.717) is 5.56 Å². The third-order valence-corrected chi connectivity index (χ3v) is 2.94. The lowest BCUT2D eigenvalue weighted by atomic mass is 10.1. The van der Waals surface area contributed by atoms with Crippen LogP contribution in [0, 0.1) is 0 Å². The largest absolute Gasteiger partial charge is 0.280 e. The van der Waals surface area contributed by atoms with Crippen molar-refractivity contribution in [1.82, 2.24) is 19.7 Å². The molecule has 0 aliphatic heterocycles. The van der Waals surface area contributed by atoms with E-state index in [0.717, 1.165) is 16.6 Å². The summed E-state index contributed by atoms with van der Waals surface area (Å²) in [4.78, 5) is 7.91.